The van der Waals surface area contributed by atoms with E-state index in [-0.39, 0.29) is 6.42 Å². The number of carbonyl (C=O) groups excluding carboxylic acids is 1. The number of methoxy groups -OCH3 is 1. The van der Waals surface area contributed by atoms with Crippen LogP contribution >= 0.6 is 11.6 Å². The van der Waals surface area contributed by atoms with Gasteiger partial charge in [-0.05, 0) is 37.0 Å². The number of likely N-dealkylation sites (tertiary alicyclic amines) is 1. The average Bonchev–Trinajstić information content (AvgIpc) is 2.56. The summed E-state index contributed by atoms with van der Waals surface area (Å²) in [5.41, 5.74) is 2.10. The molecule has 1 heterocycles. The third-order valence-electron chi connectivity index (χ3n) is 3.76. The summed E-state index contributed by atoms with van der Waals surface area (Å²) in [4.78, 5) is 14.3. The normalized spacial score (nSPS) is 15.8. The Labute approximate surface area is 135 Å². The number of rotatable bonds is 4. The largest absolute Gasteiger partial charge is 0.466 e. The molecule has 0 atom stereocenters. The molecule has 0 N–H and O–H groups in total. The van der Waals surface area contributed by atoms with E-state index in [1.807, 2.05) is 12.1 Å². The Bertz CT molecular complexity index is 596. The Hall–Kier alpha value is -1.99. The van der Waals surface area contributed by atoms with Gasteiger partial charge in [0.2, 0.25) is 0 Å². The van der Waals surface area contributed by atoms with Crippen molar-refractivity contribution in [3.05, 3.63) is 40.4 Å². The number of nitrogens with zero attached hydrogens (tertiary/aromatic N) is 2. The summed E-state index contributed by atoms with van der Waals surface area (Å²) in [5, 5.41) is 9.73. The highest BCUT2D eigenvalue weighted by Gasteiger charge is 2.23. The number of benzene rings is 1. The van der Waals surface area contributed by atoms with Crippen molar-refractivity contribution in [1.29, 1.82) is 5.26 Å². The number of esters is 1. The van der Waals surface area contributed by atoms with E-state index in [0.717, 1.165) is 37.2 Å². The maximum absolute atomic E-state index is 12.1. The Balaban J connectivity index is 2.53. The molecule has 0 aromatic heterocycles. The Morgan fingerprint density at radius 2 is 1.91 bits per heavy atom. The second-order valence-corrected chi connectivity index (χ2v) is 5.64. The number of ether oxygens (including phenoxy) is 1. The molecule has 1 aromatic rings. The van der Waals surface area contributed by atoms with Crippen molar-refractivity contribution in [3.8, 4) is 6.07 Å². The lowest BCUT2D eigenvalue weighted by molar-refractivity contribution is -0.136. The van der Waals surface area contributed by atoms with Crippen molar-refractivity contribution >= 4 is 23.3 Å². The monoisotopic (exact) mass is 318 g/mol. The molecule has 0 saturated carbocycles. The fraction of sp³-hybridized carbons (Fsp3) is 0.412. The molecule has 0 spiro atoms. The lowest BCUT2D eigenvalue weighted by Gasteiger charge is -2.32. The van der Waals surface area contributed by atoms with E-state index >= 15 is 0 Å². The first-order valence-electron chi connectivity index (χ1n) is 7.36. The van der Waals surface area contributed by atoms with Crippen molar-refractivity contribution < 1.29 is 9.53 Å². The van der Waals surface area contributed by atoms with Crippen LogP contribution in [0, 0.1) is 11.3 Å². The smallest absolute Gasteiger partial charge is 0.336 e. The number of carbonyl (C=O) groups is 1. The van der Waals surface area contributed by atoms with Crippen molar-refractivity contribution in [3.63, 3.8) is 0 Å². The molecule has 1 aromatic carbocycles. The van der Waals surface area contributed by atoms with Crippen molar-refractivity contribution in [2.75, 3.05) is 20.2 Å². The van der Waals surface area contributed by atoms with Gasteiger partial charge in [-0.2, -0.15) is 5.26 Å². The molecule has 0 unspecified atom stereocenters. The van der Waals surface area contributed by atoms with E-state index in [9.17, 15) is 4.79 Å². The van der Waals surface area contributed by atoms with Crippen LogP contribution in [0.25, 0.3) is 5.70 Å². The number of hydrogen-bond acceptors (Lipinski definition) is 4. The standard InChI is InChI=1S/C17H19ClN2O2/c1-22-17(21)15(9-10-19)16(20-11-3-2-4-12-20)13-5-7-14(18)8-6-13/h5-8H,2-4,9,11-12H2,1H3/b16-15-. The predicted molar refractivity (Wildman–Crippen MR) is 86.0 cm³/mol. The van der Waals surface area contributed by atoms with Gasteiger partial charge >= 0.3 is 5.97 Å². The maximum Gasteiger partial charge on any atom is 0.336 e. The first-order valence-corrected chi connectivity index (χ1v) is 7.74. The zero-order valence-electron chi connectivity index (χ0n) is 12.6. The van der Waals surface area contributed by atoms with E-state index in [1.54, 1.807) is 12.1 Å². The zero-order valence-corrected chi connectivity index (χ0v) is 13.4. The molecule has 2 rings (SSSR count). The fourth-order valence-corrected chi connectivity index (χ4v) is 2.85. The molecule has 5 heteroatoms. The molecule has 4 nitrogen and oxygen atoms in total. The third-order valence-corrected chi connectivity index (χ3v) is 4.02. The maximum atomic E-state index is 12.1. The molecule has 0 amide bonds. The number of hydrogen-bond donors (Lipinski definition) is 0. The zero-order chi connectivity index (χ0) is 15.9. The molecule has 0 bridgehead atoms. The molecule has 1 aliphatic heterocycles. The first kappa shape index (κ1) is 16.4. The summed E-state index contributed by atoms with van der Waals surface area (Å²) in [6.07, 6.45) is 3.38. The fourth-order valence-electron chi connectivity index (χ4n) is 2.73. The van der Waals surface area contributed by atoms with E-state index < -0.39 is 5.97 Å². The van der Waals surface area contributed by atoms with Crippen LogP contribution < -0.4 is 0 Å². The molecule has 0 aliphatic carbocycles. The van der Waals surface area contributed by atoms with Crippen molar-refractivity contribution in [2.24, 2.45) is 0 Å². The SMILES string of the molecule is COC(=O)/C(CC#N)=C(/c1ccc(Cl)cc1)N1CCCCC1. The van der Waals surface area contributed by atoms with E-state index in [0.29, 0.717) is 10.6 Å². The molecule has 0 radical (unpaired) electrons. The Morgan fingerprint density at radius 3 is 2.45 bits per heavy atom. The highest BCUT2D eigenvalue weighted by molar-refractivity contribution is 6.30. The molecule has 22 heavy (non-hydrogen) atoms. The predicted octanol–water partition coefficient (Wildman–Crippen LogP) is 3.62. The van der Waals surface area contributed by atoms with Gasteiger partial charge in [-0.1, -0.05) is 23.7 Å². The van der Waals surface area contributed by atoms with Gasteiger partial charge in [0.15, 0.2) is 0 Å². The minimum Gasteiger partial charge on any atom is -0.466 e. The molecular formula is C17H19ClN2O2. The average molecular weight is 319 g/mol. The highest BCUT2D eigenvalue weighted by atomic mass is 35.5. The molecule has 1 aliphatic rings. The summed E-state index contributed by atoms with van der Waals surface area (Å²) in [5.74, 6) is -0.447. The number of piperidine rings is 1. The van der Waals surface area contributed by atoms with Gasteiger partial charge in [0.1, 0.15) is 0 Å². The van der Waals surface area contributed by atoms with E-state index in [1.165, 1.54) is 13.5 Å². The Morgan fingerprint density at radius 1 is 1.27 bits per heavy atom. The second-order valence-electron chi connectivity index (χ2n) is 5.21. The van der Waals surface area contributed by atoms with Gasteiger partial charge in [0.25, 0.3) is 0 Å². The van der Waals surface area contributed by atoms with E-state index in [4.69, 9.17) is 21.6 Å². The summed E-state index contributed by atoms with van der Waals surface area (Å²) in [7, 11) is 1.34. The minimum atomic E-state index is -0.447. The van der Waals surface area contributed by atoms with Crippen LogP contribution in [0.4, 0.5) is 0 Å². The lowest BCUT2D eigenvalue weighted by atomic mass is 10.00. The minimum absolute atomic E-state index is 0.0289. The third kappa shape index (κ3) is 3.80. The second kappa shape index (κ2) is 7.86. The van der Waals surface area contributed by atoms with Gasteiger partial charge in [-0.15, -0.1) is 0 Å². The topological polar surface area (TPSA) is 53.3 Å². The summed E-state index contributed by atoms with van der Waals surface area (Å²) >= 11 is 5.96. The van der Waals surface area contributed by atoms with Crippen LogP contribution in [0.5, 0.6) is 0 Å². The van der Waals surface area contributed by atoms with Crippen LogP contribution in [-0.4, -0.2) is 31.1 Å². The van der Waals surface area contributed by atoms with Gasteiger partial charge < -0.3 is 9.64 Å². The van der Waals surface area contributed by atoms with Gasteiger partial charge in [0, 0.05) is 18.1 Å². The van der Waals surface area contributed by atoms with Crippen LogP contribution in [-0.2, 0) is 9.53 Å². The lowest BCUT2D eigenvalue weighted by Crippen LogP contribution is -2.30. The van der Waals surface area contributed by atoms with Crippen LogP contribution in [0.3, 0.4) is 0 Å². The molecular weight excluding hydrogens is 300 g/mol. The van der Waals surface area contributed by atoms with Gasteiger partial charge in [-0.25, -0.2) is 4.79 Å². The quantitative estimate of drug-likeness (QED) is 0.628. The summed E-state index contributed by atoms with van der Waals surface area (Å²) in [6, 6.07) is 9.42. The van der Waals surface area contributed by atoms with Crippen molar-refractivity contribution in [1.82, 2.24) is 4.90 Å². The molecule has 1 fully saturated rings. The van der Waals surface area contributed by atoms with Gasteiger partial charge in [-0.3, -0.25) is 0 Å². The summed E-state index contributed by atoms with van der Waals surface area (Å²) in [6.45, 7) is 1.76. The van der Waals surface area contributed by atoms with Crippen LogP contribution in [0.2, 0.25) is 5.02 Å². The van der Waals surface area contributed by atoms with Crippen LogP contribution in [0.15, 0.2) is 29.8 Å². The number of halogens is 1. The first-order chi connectivity index (χ1) is 10.7. The van der Waals surface area contributed by atoms with Gasteiger partial charge in [0.05, 0.1) is 30.9 Å². The number of nitriles is 1. The van der Waals surface area contributed by atoms with E-state index in [2.05, 4.69) is 11.0 Å². The van der Waals surface area contributed by atoms with Crippen LogP contribution in [0.1, 0.15) is 31.2 Å². The summed E-state index contributed by atoms with van der Waals surface area (Å²) < 4.78 is 4.88. The van der Waals surface area contributed by atoms with Crippen molar-refractivity contribution in [2.45, 2.75) is 25.7 Å². The molecule has 1 saturated heterocycles. The highest BCUT2D eigenvalue weighted by Crippen LogP contribution is 2.29. The molecule has 116 valence electrons. The Kier molecular flexibility index (Phi) is 5.85.